The maximum absolute atomic E-state index is 12.0. The van der Waals surface area contributed by atoms with Crippen molar-refractivity contribution in [1.82, 2.24) is 0 Å². The Kier molecular flexibility index (Phi) is 4.10. The average molecular weight is 282 g/mol. The highest BCUT2D eigenvalue weighted by Crippen LogP contribution is 2.30. The second kappa shape index (κ2) is 5.61. The number of anilines is 1. The summed E-state index contributed by atoms with van der Waals surface area (Å²) in [5, 5.41) is 0.577. The molecule has 0 aromatic heterocycles. The van der Waals surface area contributed by atoms with Gasteiger partial charge in [0, 0.05) is 23.7 Å². The SMILES string of the molecule is CCOC(=O)C1CC(=O)N(c2cc(Cl)ccc2C)C1. The molecule has 5 heteroatoms. The third kappa shape index (κ3) is 2.89. The van der Waals surface area contributed by atoms with E-state index in [9.17, 15) is 9.59 Å². The van der Waals surface area contributed by atoms with Gasteiger partial charge in [-0.2, -0.15) is 0 Å². The number of nitrogens with zero attached hydrogens (tertiary/aromatic N) is 1. The Hall–Kier alpha value is -1.55. The molecule has 1 aromatic rings. The summed E-state index contributed by atoms with van der Waals surface area (Å²) in [5.41, 5.74) is 1.73. The van der Waals surface area contributed by atoms with E-state index in [1.807, 2.05) is 13.0 Å². The Labute approximate surface area is 117 Å². The lowest BCUT2D eigenvalue weighted by molar-refractivity contribution is -0.147. The minimum atomic E-state index is -0.383. The van der Waals surface area contributed by atoms with Crippen LogP contribution in [0.15, 0.2) is 18.2 Å². The number of rotatable bonds is 3. The highest BCUT2D eigenvalue weighted by molar-refractivity contribution is 6.31. The number of carbonyl (C=O) groups is 2. The number of amides is 1. The first-order chi connectivity index (χ1) is 9.02. The third-order valence-corrected chi connectivity index (χ3v) is 3.44. The molecule has 19 heavy (non-hydrogen) atoms. The van der Waals surface area contributed by atoms with Crippen molar-refractivity contribution in [2.75, 3.05) is 18.1 Å². The zero-order valence-corrected chi connectivity index (χ0v) is 11.7. The summed E-state index contributed by atoms with van der Waals surface area (Å²) in [6.45, 7) is 4.36. The monoisotopic (exact) mass is 281 g/mol. The third-order valence-electron chi connectivity index (χ3n) is 3.21. The topological polar surface area (TPSA) is 46.6 Å². The van der Waals surface area contributed by atoms with Crippen LogP contribution < -0.4 is 4.90 Å². The fraction of sp³-hybridized carbons (Fsp3) is 0.429. The predicted octanol–water partition coefficient (Wildman–Crippen LogP) is 2.56. The van der Waals surface area contributed by atoms with E-state index in [1.165, 1.54) is 0 Å². The molecule has 1 saturated heterocycles. The zero-order valence-electron chi connectivity index (χ0n) is 11.0. The molecule has 102 valence electrons. The summed E-state index contributed by atoms with van der Waals surface area (Å²) >= 11 is 5.96. The van der Waals surface area contributed by atoms with Crippen molar-refractivity contribution in [2.24, 2.45) is 5.92 Å². The van der Waals surface area contributed by atoms with E-state index in [4.69, 9.17) is 16.3 Å². The van der Waals surface area contributed by atoms with E-state index in [2.05, 4.69) is 0 Å². The van der Waals surface area contributed by atoms with Gasteiger partial charge in [0.1, 0.15) is 0 Å². The second-order valence-corrected chi connectivity index (χ2v) is 5.02. The van der Waals surface area contributed by atoms with E-state index in [1.54, 1.807) is 24.0 Å². The molecule has 1 unspecified atom stereocenters. The zero-order chi connectivity index (χ0) is 14.0. The lowest BCUT2D eigenvalue weighted by Crippen LogP contribution is -2.27. The van der Waals surface area contributed by atoms with Gasteiger partial charge >= 0.3 is 5.97 Å². The van der Waals surface area contributed by atoms with Gasteiger partial charge in [-0.25, -0.2) is 0 Å². The summed E-state index contributed by atoms with van der Waals surface area (Å²) in [6, 6.07) is 5.40. The highest BCUT2D eigenvalue weighted by Gasteiger charge is 2.36. The molecule has 0 aliphatic carbocycles. The van der Waals surface area contributed by atoms with Gasteiger partial charge < -0.3 is 9.64 Å². The van der Waals surface area contributed by atoms with E-state index < -0.39 is 0 Å². The Balaban J connectivity index is 2.20. The molecule has 1 amide bonds. The lowest BCUT2D eigenvalue weighted by atomic mass is 10.1. The van der Waals surface area contributed by atoms with E-state index in [0.717, 1.165) is 11.3 Å². The standard InChI is InChI=1S/C14H16ClNO3/c1-3-19-14(18)10-6-13(17)16(8-10)12-7-11(15)5-4-9(12)2/h4-5,7,10H,3,6,8H2,1-2H3. The molecule has 1 aliphatic rings. The van der Waals surface area contributed by atoms with Gasteiger partial charge in [0.05, 0.1) is 12.5 Å². The van der Waals surface area contributed by atoms with Crippen LogP contribution in [0.2, 0.25) is 5.02 Å². The van der Waals surface area contributed by atoms with Crippen LogP contribution in [0.4, 0.5) is 5.69 Å². The number of ether oxygens (including phenoxy) is 1. The summed E-state index contributed by atoms with van der Waals surface area (Å²) in [6.07, 6.45) is 0.199. The molecule has 0 spiro atoms. The van der Waals surface area contributed by atoms with Crippen LogP contribution in [-0.4, -0.2) is 25.0 Å². The Morgan fingerprint density at radius 3 is 2.95 bits per heavy atom. The first-order valence-electron chi connectivity index (χ1n) is 6.26. The summed E-state index contributed by atoms with van der Waals surface area (Å²) in [4.78, 5) is 25.3. The summed E-state index contributed by atoms with van der Waals surface area (Å²) in [5.74, 6) is -0.757. The molecule has 0 N–H and O–H groups in total. The molecular weight excluding hydrogens is 266 g/mol. The van der Waals surface area contributed by atoms with Crippen LogP contribution >= 0.6 is 11.6 Å². The van der Waals surface area contributed by atoms with Crippen molar-refractivity contribution in [3.63, 3.8) is 0 Å². The van der Waals surface area contributed by atoms with Crippen molar-refractivity contribution >= 4 is 29.2 Å². The molecule has 0 saturated carbocycles. The van der Waals surface area contributed by atoms with E-state index in [0.29, 0.717) is 18.2 Å². The van der Waals surface area contributed by atoms with Crippen molar-refractivity contribution in [2.45, 2.75) is 20.3 Å². The molecule has 4 nitrogen and oxygen atoms in total. The molecule has 1 fully saturated rings. The number of halogens is 1. The van der Waals surface area contributed by atoms with Crippen molar-refractivity contribution in [1.29, 1.82) is 0 Å². The van der Waals surface area contributed by atoms with Gasteiger partial charge in [0.2, 0.25) is 5.91 Å². The Morgan fingerprint density at radius 2 is 2.26 bits per heavy atom. The number of carbonyl (C=O) groups excluding carboxylic acids is 2. The van der Waals surface area contributed by atoms with Gasteiger partial charge in [0.15, 0.2) is 0 Å². The van der Waals surface area contributed by atoms with Crippen molar-refractivity contribution in [3.8, 4) is 0 Å². The van der Waals surface area contributed by atoms with E-state index >= 15 is 0 Å². The van der Waals surface area contributed by atoms with Crippen LogP contribution in [0.1, 0.15) is 18.9 Å². The second-order valence-electron chi connectivity index (χ2n) is 4.59. The molecule has 1 aliphatic heterocycles. The normalized spacial score (nSPS) is 18.8. The van der Waals surface area contributed by atoms with Crippen molar-refractivity contribution < 1.29 is 14.3 Å². The molecule has 1 aromatic carbocycles. The first kappa shape index (κ1) is 13.9. The van der Waals surface area contributed by atoms with E-state index in [-0.39, 0.29) is 24.2 Å². The number of esters is 1. The van der Waals surface area contributed by atoms with Crippen LogP contribution in [0.25, 0.3) is 0 Å². The first-order valence-corrected chi connectivity index (χ1v) is 6.64. The van der Waals surface area contributed by atoms with Gasteiger partial charge in [-0.3, -0.25) is 9.59 Å². The van der Waals surface area contributed by atoms with Gasteiger partial charge in [-0.1, -0.05) is 17.7 Å². The van der Waals surface area contributed by atoms with Gasteiger partial charge in [-0.15, -0.1) is 0 Å². The molecule has 0 bridgehead atoms. The van der Waals surface area contributed by atoms with Crippen LogP contribution in [-0.2, 0) is 14.3 Å². The minimum Gasteiger partial charge on any atom is -0.466 e. The van der Waals surface area contributed by atoms with Crippen LogP contribution in [0.5, 0.6) is 0 Å². The number of hydrogen-bond acceptors (Lipinski definition) is 3. The van der Waals surface area contributed by atoms with Gasteiger partial charge in [-0.05, 0) is 31.5 Å². The summed E-state index contributed by atoms with van der Waals surface area (Å²) < 4.78 is 4.97. The summed E-state index contributed by atoms with van der Waals surface area (Å²) in [7, 11) is 0. The quantitative estimate of drug-likeness (QED) is 0.800. The number of hydrogen-bond donors (Lipinski definition) is 0. The molecule has 0 radical (unpaired) electrons. The predicted molar refractivity (Wildman–Crippen MR) is 73.3 cm³/mol. The number of aryl methyl sites for hydroxylation is 1. The fourth-order valence-electron chi connectivity index (χ4n) is 2.23. The fourth-order valence-corrected chi connectivity index (χ4v) is 2.40. The maximum Gasteiger partial charge on any atom is 0.311 e. The van der Waals surface area contributed by atoms with Crippen LogP contribution in [0, 0.1) is 12.8 Å². The molecule has 2 rings (SSSR count). The van der Waals surface area contributed by atoms with Crippen LogP contribution in [0.3, 0.4) is 0 Å². The largest absolute Gasteiger partial charge is 0.466 e. The lowest BCUT2D eigenvalue weighted by Gasteiger charge is -2.19. The van der Waals surface area contributed by atoms with Crippen molar-refractivity contribution in [3.05, 3.63) is 28.8 Å². The average Bonchev–Trinajstić information content (AvgIpc) is 2.75. The highest BCUT2D eigenvalue weighted by atomic mass is 35.5. The van der Waals surface area contributed by atoms with Gasteiger partial charge in [0.25, 0.3) is 0 Å². The minimum absolute atomic E-state index is 0.0663. The number of benzene rings is 1. The Morgan fingerprint density at radius 1 is 1.53 bits per heavy atom. The molecule has 1 atom stereocenters. The maximum atomic E-state index is 12.0. The molecular formula is C14H16ClNO3. The Bertz CT molecular complexity index is 515. The smallest absolute Gasteiger partial charge is 0.311 e. The molecule has 1 heterocycles.